The summed E-state index contributed by atoms with van der Waals surface area (Å²) in [4.78, 5) is 30.4. The van der Waals surface area contributed by atoms with E-state index in [4.69, 9.17) is 0 Å². The number of amides is 1. The van der Waals surface area contributed by atoms with Gasteiger partial charge in [-0.05, 0) is 43.2 Å². The highest BCUT2D eigenvalue weighted by Crippen LogP contribution is 2.22. The highest BCUT2D eigenvalue weighted by atomic mass is 32.2. The lowest BCUT2D eigenvalue weighted by molar-refractivity contribution is 0.102. The summed E-state index contributed by atoms with van der Waals surface area (Å²) in [6.07, 6.45) is 6.01. The fraction of sp³-hybridized carbons (Fsp3) is 0.318. The number of carbonyl (C=O) groups is 1. The number of benzene rings is 2. The topological polar surface area (TPSA) is 98.1 Å². The maximum atomic E-state index is 12.9. The smallest absolute Gasteiger partial charge is 0.261 e. The van der Waals surface area contributed by atoms with Crippen LogP contribution in [0.5, 0.6) is 0 Å². The predicted molar refractivity (Wildman–Crippen MR) is 116 cm³/mol. The zero-order valence-electron chi connectivity index (χ0n) is 16.7. The SMILES string of the molecule is CS(=O)(=O)c1ccccc1NC(=O)c1ccc2c(=O)n3c(nc2c1)CCCCCC3. The average Bonchev–Trinajstić information content (AvgIpc) is 2.68. The number of nitrogens with one attached hydrogen (secondary N) is 1. The molecule has 0 unspecified atom stereocenters. The van der Waals surface area contributed by atoms with Crippen LogP contribution >= 0.6 is 0 Å². The number of para-hydroxylation sites is 1. The molecule has 0 atom stereocenters. The van der Waals surface area contributed by atoms with Gasteiger partial charge < -0.3 is 5.32 Å². The minimum Gasteiger partial charge on any atom is -0.321 e. The Bertz CT molecular complexity index is 1300. The Morgan fingerprint density at radius 3 is 2.63 bits per heavy atom. The molecule has 1 aromatic heterocycles. The summed E-state index contributed by atoms with van der Waals surface area (Å²) in [5.41, 5.74) is 0.937. The van der Waals surface area contributed by atoms with Crippen LogP contribution in [0.3, 0.4) is 0 Å². The van der Waals surface area contributed by atoms with Gasteiger partial charge in [-0.25, -0.2) is 13.4 Å². The van der Waals surface area contributed by atoms with E-state index in [1.54, 1.807) is 41.0 Å². The Balaban J connectivity index is 1.71. The quantitative estimate of drug-likeness (QED) is 0.695. The van der Waals surface area contributed by atoms with E-state index in [1.807, 2.05) is 0 Å². The summed E-state index contributed by atoms with van der Waals surface area (Å²) in [5.74, 6) is 0.300. The molecule has 7 nitrogen and oxygen atoms in total. The third-order valence-corrected chi connectivity index (χ3v) is 6.52. The van der Waals surface area contributed by atoms with Crippen LogP contribution in [0, 0.1) is 0 Å². The van der Waals surface area contributed by atoms with Gasteiger partial charge >= 0.3 is 0 Å². The summed E-state index contributed by atoms with van der Waals surface area (Å²) in [6.45, 7) is 0.668. The molecular weight excluding hydrogens is 402 g/mol. The molecule has 0 bridgehead atoms. The first-order valence-electron chi connectivity index (χ1n) is 9.98. The first-order valence-corrected chi connectivity index (χ1v) is 11.9. The number of nitrogens with zero attached hydrogens (tertiary/aromatic N) is 2. The monoisotopic (exact) mass is 425 g/mol. The van der Waals surface area contributed by atoms with E-state index in [2.05, 4.69) is 10.3 Å². The second-order valence-electron chi connectivity index (χ2n) is 7.60. The zero-order valence-corrected chi connectivity index (χ0v) is 17.5. The number of hydrogen-bond donors (Lipinski definition) is 1. The van der Waals surface area contributed by atoms with Crippen molar-refractivity contribution in [3.05, 3.63) is 64.2 Å². The van der Waals surface area contributed by atoms with E-state index < -0.39 is 15.7 Å². The Morgan fingerprint density at radius 1 is 1.07 bits per heavy atom. The van der Waals surface area contributed by atoms with Gasteiger partial charge in [0.05, 0.1) is 21.5 Å². The fourth-order valence-electron chi connectivity index (χ4n) is 3.82. The van der Waals surface area contributed by atoms with Crippen LogP contribution in [-0.2, 0) is 22.8 Å². The van der Waals surface area contributed by atoms with E-state index in [1.165, 1.54) is 6.07 Å². The van der Waals surface area contributed by atoms with Crippen molar-refractivity contribution in [3.63, 3.8) is 0 Å². The minimum atomic E-state index is -3.49. The molecule has 1 aliphatic heterocycles. The minimum absolute atomic E-state index is 0.0527. The molecule has 1 aliphatic rings. The highest BCUT2D eigenvalue weighted by Gasteiger charge is 2.17. The van der Waals surface area contributed by atoms with E-state index >= 15 is 0 Å². The van der Waals surface area contributed by atoms with Crippen molar-refractivity contribution < 1.29 is 13.2 Å². The van der Waals surface area contributed by atoms with Gasteiger partial charge in [0.1, 0.15) is 5.82 Å². The standard InChI is InChI=1S/C22H23N3O4S/c1-30(28,29)19-9-6-5-8-17(19)24-21(26)15-11-12-16-18(14-15)23-20-10-4-2-3-7-13-25(20)22(16)27/h5-6,8-9,11-12,14H,2-4,7,10,13H2,1H3,(H,24,26). The van der Waals surface area contributed by atoms with Gasteiger partial charge in [-0.3, -0.25) is 14.2 Å². The molecule has 0 radical (unpaired) electrons. The van der Waals surface area contributed by atoms with Crippen molar-refractivity contribution in [1.82, 2.24) is 9.55 Å². The van der Waals surface area contributed by atoms with Crippen LogP contribution in [-0.4, -0.2) is 30.1 Å². The third-order valence-electron chi connectivity index (χ3n) is 5.36. The van der Waals surface area contributed by atoms with Gasteiger partial charge in [-0.2, -0.15) is 0 Å². The molecular formula is C22H23N3O4S. The molecule has 0 saturated carbocycles. The first kappa shape index (κ1) is 20.3. The maximum Gasteiger partial charge on any atom is 0.261 e. The Kier molecular flexibility index (Phi) is 5.42. The molecule has 0 fully saturated rings. The molecule has 30 heavy (non-hydrogen) atoms. The number of rotatable bonds is 3. The van der Waals surface area contributed by atoms with Gasteiger partial charge in [-0.1, -0.05) is 25.0 Å². The average molecular weight is 426 g/mol. The zero-order chi connectivity index (χ0) is 21.3. The third kappa shape index (κ3) is 4.00. The number of aromatic nitrogens is 2. The number of fused-ring (bicyclic) bond motifs is 2. The van der Waals surface area contributed by atoms with Gasteiger partial charge in [0.25, 0.3) is 11.5 Å². The van der Waals surface area contributed by atoms with Crippen molar-refractivity contribution in [2.45, 2.75) is 43.5 Å². The van der Waals surface area contributed by atoms with Crippen LogP contribution in [0.25, 0.3) is 10.9 Å². The number of carbonyl (C=O) groups excluding carboxylic acids is 1. The summed E-state index contributed by atoms with van der Waals surface area (Å²) in [5, 5.41) is 3.14. The van der Waals surface area contributed by atoms with Crippen molar-refractivity contribution in [1.29, 1.82) is 0 Å². The molecule has 3 aromatic rings. The van der Waals surface area contributed by atoms with Gasteiger partial charge in [0, 0.05) is 24.8 Å². The summed E-state index contributed by atoms with van der Waals surface area (Å²) in [6, 6.07) is 11.0. The normalized spacial score (nSPS) is 14.6. The van der Waals surface area contributed by atoms with Crippen molar-refractivity contribution in [3.8, 4) is 0 Å². The largest absolute Gasteiger partial charge is 0.321 e. The number of hydrogen-bond acceptors (Lipinski definition) is 5. The lowest BCUT2D eigenvalue weighted by Gasteiger charge is -2.16. The molecule has 2 aromatic carbocycles. The second-order valence-corrected chi connectivity index (χ2v) is 9.59. The van der Waals surface area contributed by atoms with E-state index in [0.717, 1.165) is 44.2 Å². The molecule has 1 N–H and O–H groups in total. The van der Waals surface area contributed by atoms with Crippen molar-refractivity contribution in [2.24, 2.45) is 0 Å². The second kappa shape index (κ2) is 8.02. The van der Waals surface area contributed by atoms with Gasteiger partial charge in [-0.15, -0.1) is 0 Å². The molecule has 4 rings (SSSR count). The van der Waals surface area contributed by atoms with Crippen molar-refractivity contribution in [2.75, 3.05) is 11.6 Å². The van der Waals surface area contributed by atoms with Crippen LogP contribution in [0.2, 0.25) is 0 Å². The molecule has 8 heteroatoms. The molecule has 0 saturated heterocycles. The van der Waals surface area contributed by atoms with Gasteiger partial charge in [0.15, 0.2) is 9.84 Å². The molecule has 1 amide bonds. The lowest BCUT2D eigenvalue weighted by Crippen LogP contribution is -2.26. The molecule has 2 heterocycles. The van der Waals surface area contributed by atoms with Crippen LogP contribution in [0.15, 0.2) is 52.2 Å². The van der Waals surface area contributed by atoms with Crippen LogP contribution in [0.1, 0.15) is 41.9 Å². The number of anilines is 1. The van der Waals surface area contributed by atoms with E-state index in [0.29, 0.717) is 23.0 Å². The first-order chi connectivity index (χ1) is 14.3. The Morgan fingerprint density at radius 2 is 1.83 bits per heavy atom. The summed E-state index contributed by atoms with van der Waals surface area (Å²) >= 11 is 0. The number of aryl methyl sites for hydroxylation is 1. The molecule has 0 aliphatic carbocycles. The van der Waals surface area contributed by atoms with E-state index in [9.17, 15) is 18.0 Å². The predicted octanol–water partition coefficient (Wildman–Crippen LogP) is 3.17. The fourth-order valence-corrected chi connectivity index (χ4v) is 4.67. The van der Waals surface area contributed by atoms with Crippen LogP contribution in [0.4, 0.5) is 5.69 Å². The molecule has 0 spiro atoms. The Hall–Kier alpha value is -3.00. The van der Waals surface area contributed by atoms with Crippen molar-refractivity contribution >= 4 is 32.3 Å². The van der Waals surface area contributed by atoms with E-state index in [-0.39, 0.29) is 16.1 Å². The summed E-state index contributed by atoms with van der Waals surface area (Å²) < 4.78 is 25.7. The Labute approximate surface area is 174 Å². The lowest BCUT2D eigenvalue weighted by atomic mass is 10.1. The van der Waals surface area contributed by atoms with Gasteiger partial charge in [0.2, 0.25) is 0 Å². The highest BCUT2D eigenvalue weighted by molar-refractivity contribution is 7.90. The number of sulfone groups is 1. The van der Waals surface area contributed by atoms with Crippen LogP contribution < -0.4 is 10.9 Å². The summed E-state index contributed by atoms with van der Waals surface area (Å²) in [7, 11) is -3.49. The molecule has 156 valence electrons. The maximum absolute atomic E-state index is 12.9.